The number of nitrogens with two attached hydrogens (primary N) is 1. The van der Waals surface area contributed by atoms with E-state index in [-0.39, 0.29) is 0 Å². The topological polar surface area (TPSA) is 53.7 Å². The van der Waals surface area contributed by atoms with Crippen molar-refractivity contribution in [3.63, 3.8) is 0 Å². The molecule has 1 saturated carbocycles. The maximum atomic E-state index is 5.81. The van der Waals surface area contributed by atoms with Gasteiger partial charge in [-0.05, 0) is 42.9 Å². The van der Waals surface area contributed by atoms with Gasteiger partial charge in [0.25, 0.3) is 0 Å². The number of rotatable bonds is 5. The Morgan fingerprint density at radius 2 is 1.61 bits per heavy atom. The minimum atomic E-state index is 0.386. The first-order chi connectivity index (χ1) is 8.67. The van der Waals surface area contributed by atoms with E-state index < -0.39 is 0 Å². The van der Waals surface area contributed by atoms with Crippen LogP contribution in [-0.4, -0.2) is 27.4 Å². The van der Waals surface area contributed by atoms with E-state index in [4.69, 9.17) is 19.9 Å². The number of hydrogen-bond acceptors (Lipinski definition) is 4. The van der Waals surface area contributed by atoms with Crippen LogP contribution in [0.1, 0.15) is 18.4 Å². The summed E-state index contributed by atoms with van der Waals surface area (Å²) in [6.45, 7) is 0. The van der Waals surface area contributed by atoms with E-state index >= 15 is 0 Å². The third-order valence-electron chi connectivity index (χ3n) is 3.52. The van der Waals surface area contributed by atoms with E-state index in [9.17, 15) is 0 Å². The summed E-state index contributed by atoms with van der Waals surface area (Å²) in [5.74, 6) is 2.77. The van der Waals surface area contributed by atoms with Crippen molar-refractivity contribution in [1.82, 2.24) is 0 Å². The summed E-state index contributed by atoms with van der Waals surface area (Å²) in [4.78, 5) is 0. The highest BCUT2D eigenvalue weighted by Gasteiger charge is 2.26. The summed E-state index contributed by atoms with van der Waals surface area (Å²) in [6.07, 6.45) is 3.23. The van der Waals surface area contributed by atoms with E-state index in [0.29, 0.717) is 17.7 Å². The maximum absolute atomic E-state index is 5.81. The highest BCUT2D eigenvalue weighted by molar-refractivity contribution is 5.53. The minimum absolute atomic E-state index is 0.386. The summed E-state index contributed by atoms with van der Waals surface area (Å²) >= 11 is 0. The molecule has 2 rings (SSSR count). The highest BCUT2D eigenvalue weighted by atomic mass is 16.5. The SMILES string of the molecule is COc1cc(CC2CC(N)C2)cc(OC)c1OC. The first kappa shape index (κ1) is 13.0. The Kier molecular flexibility index (Phi) is 3.97. The lowest BCUT2D eigenvalue weighted by Gasteiger charge is -2.32. The van der Waals surface area contributed by atoms with E-state index in [0.717, 1.165) is 30.8 Å². The first-order valence-electron chi connectivity index (χ1n) is 6.22. The Balaban J connectivity index is 2.20. The Labute approximate surface area is 108 Å². The summed E-state index contributed by atoms with van der Waals surface area (Å²) in [5, 5.41) is 0. The zero-order valence-electron chi connectivity index (χ0n) is 11.2. The van der Waals surface area contributed by atoms with Crippen LogP contribution in [0.2, 0.25) is 0 Å². The van der Waals surface area contributed by atoms with Crippen LogP contribution in [0.15, 0.2) is 12.1 Å². The Hall–Kier alpha value is -1.42. The molecule has 0 aliphatic heterocycles. The van der Waals surface area contributed by atoms with Crippen molar-refractivity contribution in [3.8, 4) is 17.2 Å². The van der Waals surface area contributed by atoms with E-state index in [1.807, 2.05) is 12.1 Å². The van der Waals surface area contributed by atoms with Crippen LogP contribution in [0, 0.1) is 5.92 Å². The molecular weight excluding hydrogens is 230 g/mol. The number of methoxy groups -OCH3 is 3. The maximum Gasteiger partial charge on any atom is 0.203 e. The molecule has 0 unspecified atom stereocenters. The minimum Gasteiger partial charge on any atom is -0.493 e. The number of ether oxygens (including phenoxy) is 3. The molecule has 0 aromatic heterocycles. The lowest BCUT2D eigenvalue weighted by Crippen LogP contribution is -2.37. The molecule has 4 heteroatoms. The first-order valence-corrected chi connectivity index (χ1v) is 6.22. The van der Waals surface area contributed by atoms with Gasteiger partial charge in [-0.25, -0.2) is 0 Å². The van der Waals surface area contributed by atoms with Gasteiger partial charge in [0.05, 0.1) is 21.3 Å². The van der Waals surface area contributed by atoms with Crippen molar-refractivity contribution in [1.29, 1.82) is 0 Å². The second-order valence-corrected chi connectivity index (χ2v) is 4.84. The molecule has 1 aliphatic rings. The molecule has 1 aromatic rings. The Bertz CT molecular complexity index is 388. The predicted octanol–water partition coefficient (Wildman–Crippen LogP) is 1.99. The van der Waals surface area contributed by atoms with Gasteiger partial charge in [0.2, 0.25) is 5.75 Å². The van der Waals surface area contributed by atoms with Gasteiger partial charge in [0, 0.05) is 6.04 Å². The largest absolute Gasteiger partial charge is 0.493 e. The van der Waals surface area contributed by atoms with E-state index in [2.05, 4.69) is 0 Å². The molecule has 100 valence electrons. The van der Waals surface area contributed by atoms with Crippen LogP contribution in [0.4, 0.5) is 0 Å². The van der Waals surface area contributed by atoms with Crippen molar-refractivity contribution in [2.24, 2.45) is 11.7 Å². The molecule has 2 N–H and O–H groups in total. The fourth-order valence-corrected chi connectivity index (χ4v) is 2.54. The van der Waals surface area contributed by atoms with Crippen LogP contribution in [-0.2, 0) is 6.42 Å². The lowest BCUT2D eigenvalue weighted by atomic mass is 9.77. The standard InChI is InChI=1S/C14H21NO3/c1-16-12-7-10(4-9-5-11(15)6-9)8-13(17-2)14(12)18-3/h7-9,11H,4-6,15H2,1-3H3. The van der Waals surface area contributed by atoms with E-state index in [1.54, 1.807) is 21.3 Å². The molecule has 18 heavy (non-hydrogen) atoms. The normalized spacial score (nSPS) is 22.2. The zero-order chi connectivity index (χ0) is 13.1. The van der Waals surface area contributed by atoms with E-state index in [1.165, 1.54) is 5.56 Å². The molecule has 0 bridgehead atoms. The zero-order valence-corrected chi connectivity index (χ0v) is 11.2. The highest BCUT2D eigenvalue weighted by Crippen LogP contribution is 2.40. The monoisotopic (exact) mass is 251 g/mol. The summed E-state index contributed by atoms with van der Waals surface area (Å²) in [7, 11) is 4.89. The summed E-state index contributed by atoms with van der Waals surface area (Å²) < 4.78 is 16.0. The van der Waals surface area contributed by atoms with Crippen LogP contribution in [0.3, 0.4) is 0 Å². The van der Waals surface area contributed by atoms with Gasteiger partial charge in [-0.2, -0.15) is 0 Å². The Morgan fingerprint density at radius 1 is 1.06 bits per heavy atom. The summed E-state index contributed by atoms with van der Waals surface area (Å²) in [5.41, 5.74) is 7.02. The van der Waals surface area contributed by atoms with Gasteiger partial charge < -0.3 is 19.9 Å². The fraction of sp³-hybridized carbons (Fsp3) is 0.571. The molecule has 4 nitrogen and oxygen atoms in total. The molecule has 0 saturated heterocycles. The molecule has 1 aliphatic carbocycles. The van der Waals surface area contributed by atoms with Crippen molar-refractivity contribution in [2.45, 2.75) is 25.3 Å². The van der Waals surface area contributed by atoms with Crippen LogP contribution in [0.5, 0.6) is 17.2 Å². The summed E-state index contributed by atoms with van der Waals surface area (Å²) in [6, 6.07) is 4.42. The van der Waals surface area contributed by atoms with Crippen LogP contribution in [0.25, 0.3) is 0 Å². The van der Waals surface area contributed by atoms with Gasteiger partial charge in [-0.3, -0.25) is 0 Å². The molecule has 0 heterocycles. The second kappa shape index (κ2) is 5.48. The van der Waals surface area contributed by atoms with Crippen LogP contribution < -0.4 is 19.9 Å². The molecule has 0 atom stereocenters. The van der Waals surface area contributed by atoms with Gasteiger partial charge in [0.15, 0.2) is 11.5 Å². The second-order valence-electron chi connectivity index (χ2n) is 4.84. The average Bonchev–Trinajstić information content (AvgIpc) is 2.35. The average molecular weight is 251 g/mol. The quantitative estimate of drug-likeness (QED) is 0.869. The van der Waals surface area contributed by atoms with Crippen molar-refractivity contribution in [2.75, 3.05) is 21.3 Å². The van der Waals surface area contributed by atoms with Crippen molar-refractivity contribution < 1.29 is 14.2 Å². The smallest absolute Gasteiger partial charge is 0.203 e. The Morgan fingerprint density at radius 3 is 2.00 bits per heavy atom. The third-order valence-corrected chi connectivity index (χ3v) is 3.52. The van der Waals surface area contributed by atoms with Gasteiger partial charge >= 0.3 is 0 Å². The van der Waals surface area contributed by atoms with Crippen molar-refractivity contribution >= 4 is 0 Å². The number of hydrogen-bond donors (Lipinski definition) is 1. The van der Waals surface area contributed by atoms with Gasteiger partial charge in [-0.1, -0.05) is 0 Å². The lowest BCUT2D eigenvalue weighted by molar-refractivity contribution is 0.263. The van der Waals surface area contributed by atoms with Crippen molar-refractivity contribution in [3.05, 3.63) is 17.7 Å². The van der Waals surface area contributed by atoms with Crippen LogP contribution >= 0.6 is 0 Å². The molecule has 1 aromatic carbocycles. The molecule has 1 fully saturated rings. The van der Waals surface area contributed by atoms with Gasteiger partial charge in [0.1, 0.15) is 0 Å². The van der Waals surface area contributed by atoms with Gasteiger partial charge in [-0.15, -0.1) is 0 Å². The number of benzene rings is 1. The molecule has 0 amide bonds. The molecule has 0 spiro atoms. The molecule has 0 radical (unpaired) electrons. The molecular formula is C14H21NO3. The third kappa shape index (κ3) is 2.53. The fourth-order valence-electron chi connectivity index (χ4n) is 2.54. The predicted molar refractivity (Wildman–Crippen MR) is 70.5 cm³/mol.